The zero-order valence-corrected chi connectivity index (χ0v) is 41.7. The first-order valence-electron chi connectivity index (χ1n) is 26.0. The van der Waals surface area contributed by atoms with E-state index in [1.165, 1.54) is 0 Å². The fraction of sp³-hybridized carbons (Fsp3) is 0.0145. The average Bonchev–Trinajstić information content (AvgIpc) is 4.44. The molecule has 0 atom stereocenters. The summed E-state index contributed by atoms with van der Waals surface area (Å²) in [5.41, 5.74) is 17.9. The maximum Gasteiger partial charge on any atom is 0.165 e. The second-order valence-electron chi connectivity index (χ2n) is 19.9. The molecule has 360 valence electrons. The summed E-state index contributed by atoms with van der Waals surface area (Å²) >= 11 is 0. The van der Waals surface area contributed by atoms with E-state index in [9.17, 15) is 0 Å². The molecule has 8 aromatic carbocycles. The van der Waals surface area contributed by atoms with Gasteiger partial charge in [-0.15, -0.1) is 0 Å². The van der Waals surface area contributed by atoms with Gasteiger partial charge in [-0.05, 0) is 101 Å². The lowest BCUT2D eigenvalue weighted by molar-refractivity contribution is 0.960. The molecule has 0 radical (unpaired) electrons. The fourth-order valence-corrected chi connectivity index (χ4v) is 12.4. The van der Waals surface area contributed by atoms with Crippen LogP contribution in [0.1, 0.15) is 5.56 Å². The Morgan fingerprint density at radius 1 is 0.286 bits per heavy atom. The smallest absolute Gasteiger partial charge is 0.165 e. The van der Waals surface area contributed by atoms with Gasteiger partial charge in [0.25, 0.3) is 0 Å². The van der Waals surface area contributed by atoms with E-state index in [4.69, 9.17) is 19.9 Å². The van der Waals surface area contributed by atoms with Crippen molar-refractivity contribution in [3.8, 4) is 56.4 Å². The predicted octanol–water partition coefficient (Wildman–Crippen LogP) is 17.0. The highest BCUT2D eigenvalue weighted by atomic mass is 15.2. The second-order valence-corrected chi connectivity index (χ2v) is 19.9. The Kier molecular flexibility index (Phi) is 9.38. The van der Waals surface area contributed by atoms with Crippen LogP contribution in [-0.2, 0) is 0 Å². The highest BCUT2D eigenvalue weighted by Gasteiger charge is 2.33. The number of benzene rings is 8. The van der Waals surface area contributed by atoms with Crippen molar-refractivity contribution in [3.63, 3.8) is 0 Å². The highest BCUT2D eigenvalue weighted by molar-refractivity contribution is 6.16. The number of hydrogen-bond donors (Lipinski definition) is 0. The first-order valence-corrected chi connectivity index (χ1v) is 26.0. The predicted molar refractivity (Wildman–Crippen MR) is 316 cm³/mol. The van der Waals surface area contributed by atoms with E-state index >= 15 is 0 Å². The van der Waals surface area contributed by atoms with Gasteiger partial charge in [0.15, 0.2) is 11.6 Å². The standard InChI is InChI=1S/C69H44N8/c1-43-16-8-9-21-48(43)65-66(74-57-25-13-10-22-49(57)54-40-70-35-32-62(54)74)68(76-58-26-14-11-23-50(58)55-41-71-36-33-63(55)76)73-69(77-59-27-15-12-24-51(59)56-42-72-37-34-64(56)77)67(65)75-60-30-28-46(44-17-4-2-5-18-44)38-52(60)53-39-47(29-31-61(53)75)45-19-6-3-7-20-45/h2-42H,1H3. The molecule has 8 heteroatoms. The molecule has 0 aliphatic heterocycles. The van der Waals surface area contributed by atoms with Gasteiger partial charge in [-0.1, -0.05) is 152 Å². The van der Waals surface area contributed by atoms with Gasteiger partial charge in [-0.25, -0.2) is 4.98 Å². The van der Waals surface area contributed by atoms with Gasteiger partial charge in [0, 0.05) is 85.8 Å². The summed E-state index contributed by atoms with van der Waals surface area (Å²) in [6, 6.07) is 76.7. The van der Waals surface area contributed by atoms with Crippen LogP contribution < -0.4 is 0 Å². The lowest BCUT2D eigenvalue weighted by Crippen LogP contribution is -2.16. The van der Waals surface area contributed by atoms with Crippen molar-refractivity contribution in [2.75, 3.05) is 0 Å². The van der Waals surface area contributed by atoms with E-state index in [1.807, 2.05) is 37.2 Å². The van der Waals surface area contributed by atoms with Crippen LogP contribution in [0.2, 0.25) is 0 Å². The SMILES string of the molecule is Cc1ccccc1-c1c(-n2c3ccccc3c3cnccc32)c(-n2c3ccccc3c3cnccc32)nc(-n2c3ccccc3c3cnccc32)c1-n1c2ccc(-c3ccccc3)cc2c2cc(-c3ccccc3)ccc21. The van der Waals surface area contributed by atoms with E-state index < -0.39 is 0 Å². The van der Waals surface area contributed by atoms with Crippen LogP contribution in [-0.4, -0.2) is 38.2 Å². The molecule has 8 aromatic heterocycles. The minimum absolute atomic E-state index is 0.761. The molecule has 0 fully saturated rings. The van der Waals surface area contributed by atoms with Gasteiger partial charge in [0.05, 0.1) is 44.1 Å². The Hall–Kier alpha value is -10.4. The lowest BCUT2D eigenvalue weighted by Gasteiger charge is -2.27. The van der Waals surface area contributed by atoms with E-state index in [2.05, 4.69) is 238 Å². The van der Waals surface area contributed by atoms with Crippen LogP contribution in [0, 0.1) is 6.92 Å². The second kappa shape index (κ2) is 16.8. The van der Waals surface area contributed by atoms with Gasteiger partial charge in [0.1, 0.15) is 11.4 Å². The molecule has 0 saturated heterocycles. The summed E-state index contributed by atoms with van der Waals surface area (Å²) in [5.74, 6) is 1.53. The summed E-state index contributed by atoms with van der Waals surface area (Å²) in [5, 5.41) is 8.68. The average molecular weight is 985 g/mol. The van der Waals surface area contributed by atoms with E-state index in [-0.39, 0.29) is 0 Å². The first kappa shape index (κ1) is 43.0. The normalized spacial score (nSPS) is 12.0. The van der Waals surface area contributed by atoms with E-state index in [0.29, 0.717) is 0 Å². The van der Waals surface area contributed by atoms with E-state index in [0.717, 1.165) is 149 Å². The Morgan fingerprint density at radius 3 is 1.10 bits per heavy atom. The molecule has 0 bridgehead atoms. The minimum Gasteiger partial charge on any atom is -0.305 e. The number of aromatic nitrogens is 8. The number of pyridine rings is 4. The van der Waals surface area contributed by atoms with Crippen LogP contribution in [0.25, 0.3) is 144 Å². The van der Waals surface area contributed by atoms with Gasteiger partial charge < -0.3 is 9.13 Å². The number of nitrogens with zero attached hydrogens (tertiary/aromatic N) is 8. The quantitative estimate of drug-likeness (QED) is 0.159. The van der Waals surface area contributed by atoms with Crippen molar-refractivity contribution in [1.29, 1.82) is 0 Å². The zero-order chi connectivity index (χ0) is 50.7. The number of para-hydroxylation sites is 3. The van der Waals surface area contributed by atoms with Gasteiger partial charge >= 0.3 is 0 Å². The summed E-state index contributed by atoms with van der Waals surface area (Å²) in [6.45, 7) is 2.24. The monoisotopic (exact) mass is 984 g/mol. The molecule has 0 aliphatic carbocycles. The van der Waals surface area contributed by atoms with Crippen molar-refractivity contribution in [2.45, 2.75) is 6.92 Å². The Labute approximate surface area is 441 Å². The molecule has 0 unspecified atom stereocenters. The summed E-state index contributed by atoms with van der Waals surface area (Å²) in [4.78, 5) is 20.6. The van der Waals surface area contributed by atoms with E-state index in [1.54, 1.807) is 0 Å². The number of hydrogen-bond acceptors (Lipinski definition) is 4. The number of rotatable bonds is 7. The molecule has 16 rings (SSSR count). The van der Waals surface area contributed by atoms with Crippen molar-refractivity contribution < 1.29 is 0 Å². The van der Waals surface area contributed by atoms with Crippen LogP contribution in [0.5, 0.6) is 0 Å². The largest absolute Gasteiger partial charge is 0.305 e. The molecule has 0 aliphatic rings. The number of fused-ring (bicyclic) bond motifs is 12. The third kappa shape index (κ3) is 6.33. The molecular weight excluding hydrogens is 941 g/mol. The molecule has 8 heterocycles. The topological polar surface area (TPSA) is 71.3 Å². The molecule has 0 amide bonds. The Morgan fingerprint density at radius 2 is 0.649 bits per heavy atom. The van der Waals surface area contributed by atoms with Gasteiger partial charge in [0.2, 0.25) is 0 Å². The van der Waals surface area contributed by atoms with Crippen LogP contribution in [0.15, 0.2) is 250 Å². The van der Waals surface area contributed by atoms with Crippen LogP contribution in [0.4, 0.5) is 0 Å². The molecule has 16 aromatic rings. The minimum atomic E-state index is 0.761. The summed E-state index contributed by atoms with van der Waals surface area (Å²) < 4.78 is 9.73. The maximum absolute atomic E-state index is 6.37. The van der Waals surface area contributed by atoms with Crippen molar-refractivity contribution >= 4 is 87.2 Å². The summed E-state index contributed by atoms with van der Waals surface area (Å²) in [7, 11) is 0. The molecule has 0 spiro atoms. The molecule has 0 saturated carbocycles. The molecule has 0 N–H and O–H groups in total. The number of aryl methyl sites for hydroxylation is 1. The Balaban J connectivity index is 1.20. The lowest BCUT2D eigenvalue weighted by atomic mass is 9.96. The molecule has 77 heavy (non-hydrogen) atoms. The third-order valence-electron chi connectivity index (χ3n) is 15.8. The highest BCUT2D eigenvalue weighted by Crippen LogP contribution is 2.50. The van der Waals surface area contributed by atoms with Crippen molar-refractivity contribution in [2.24, 2.45) is 0 Å². The van der Waals surface area contributed by atoms with Crippen molar-refractivity contribution in [3.05, 3.63) is 255 Å². The molecular formula is C69H44N8. The first-order chi connectivity index (χ1) is 38.2. The summed E-state index contributed by atoms with van der Waals surface area (Å²) in [6.07, 6.45) is 11.7. The Bertz CT molecular complexity index is 4800. The zero-order valence-electron chi connectivity index (χ0n) is 41.7. The fourth-order valence-electron chi connectivity index (χ4n) is 12.4. The van der Waals surface area contributed by atoms with Crippen molar-refractivity contribution in [1.82, 2.24) is 38.2 Å². The van der Waals surface area contributed by atoms with Gasteiger partial charge in [-0.3, -0.25) is 24.1 Å². The van der Waals surface area contributed by atoms with Crippen LogP contribution in [0.3, 0.4) is 0 Å². The van der Waals surface area contributed by atoms with Gasteiger partial charge in [-0.2, -0.15) is 0 Å². The van der Waals surface area contributed by atoms with Crippen LogP contribution >= 0.6 is 0 Å². The maximum atomic E-state index is 6.37. The third-order valence-corrected chi connectivity index (χ3v) is 15.8. The molecule has 8 nitrogen and oxygen atoms in total.